The van der Waals surface area contributed by atoms with E-state index in [9.17, 15) is 18.8 Å². The largest absolute Gasteiger partial charge is 0.480 e. The minimum Gasteiger partial charge on any atom is -0.480 e. The number of carbonyl (C=O) groups excluding carboxylic acids is 2. The minimum atomic E-state index is -1.25. The Morgan fingerprint density at radius 1 is 1.24 bits per heavy atom. The van der Waals surface area contributed by atoms with Gasteiger partial charge in [0.25, 0.3) is 5.91 Å². The topological polar surface area (TPSA) is 101 Å². The van der Waals surface area contributed by atoms with Gasteiger partial charge in [0.1, 0.15) is 18.9 Å². The highest BCUT2D eigenvalue weighted by Crippen LogP contribution is 2.27. The molecule has 0 aliphatic carbocycles. The summed E-state index contributed by atoms with van der Waals surface area (Å²) in [6.07, 6.45) is 0. The fraction of sp³-hybridized carbons (Fsp3) is 0.154. The Kier molecular flexibility index (Phi) is 4.18. The molecule has 0 spiro atoms. The number of nitrogens with two attached hydrogens (primary N) is 1. The van der Waals surface area contributed by atoms with Crippen molar-refractivity contribution >= 4 is 39.2 Å². The van der Waals surface area contributed by atoms with E-state index in [2.05, 4.69) is 0 Å². The van der Waals surface area contributed by atoms with Gasteiger partial charge in [0.2, 0.25) is 5.91 Å². The highest BCUT2D eigenvalue weighted by atomic mass is 32.1. The summed E-state index contributed by atoms with van der Waals surface area (Å²) in [5, 5.41) is 9.32. The molecular weight excluding hydrogens is 299 g/mol. The predicted molar refractivity (Wildman–Crippen MR) is 74.5 cm³/mol. The van der Waals surface area contributed by atoms with Gasteiger partial charge in [-0.2, -0.15) is 0 Å². The molecule has 0 radical (unpaired) electrons. The molecule has 6 nitrogen and oxygen atoms in total. The fourth-order valence-electron chi connectivity index (χ4n) is 1.83. The Labute approximate surface area is 122 Å². The summed E-state index contributed by atoms with van der Waals surface area (Å²) in [6, 6.07) is 5.53. The van der Waals surface area contributed by atoms with Gasteiger partial charge in [-0.15, -0.1) is 11.3 Å². The quantitative estimate of drug-likeness (QED) is 0.862. The van der Waals surface area contributed by atoms with Crippen molar-refractivity contribution < 1.29 is 23.9 Å². The molecule has 2 rings (SSSR count). The van der Waals surface area contributed by atoms with Gasteiger partial charge in [-0.3, -0.25) is 14.4 Å². The van der Waals surface area contributed by atoms with Crippen molar-refractivity contribution in [2.45, 2.75) is 0 Å². The summed E-state index contributed by atoms with van der Waals surface area (Å²) in [5.41, 5.74) is 5.01. The summed E-state index contributed by atoms with van der Waals surface area (Å²) in [6.45, 7) is -1.13. The number of halogens is 1. The molecule has 1 heterocycles. The van der Waals surface area contributed by atoms with E-state index >= 15 is 0 Å². The molecule has 2 amide bonds. The SMILES string of the molecule is NC(=O)CN(CC(=O)O)C(=O)c1cc2cc(F)ccc2s1. The van der Waals surface area contributed by atoms with Gasteiger partial charge in [-0.1, -0.05) is 0 Å². The molecule has 0 saturated heterocycles. The van der Waals surface area contributed by atoms with E-state index in [0.717, 1.165) is 16.2 Å². The number of hydrogen-bond donors (Lipinski definition) is 2. The van der Waals surface area contributed by atoms with Gasteiger partial charge in [-0.05, 0) is 29.7 Å². The number of rotatable bonds is 5. The van der Waals surface area contributed by atoms with Crippen LogP contribution in [-0.2, 0) is 9.59 Å². The first-order chi connectivity index (χ1) is 9.86. The first-order valence-corrected chi connectivity index (χ1v) is 6.67. The maximum atomic E-state index is 13.1. The second-order valence-corrected chi connectivity index (χ2v) is 5.40. The van der Waals surface area contributed by atoms with Crippen molar-refractivity contribution in [2.24, 2.45) is 5.73 Å². The summed E-state index contributed by atoms with van der Waals surface area (Å²) in [5.74, 6) is -3.12. The third-order valence-corrected chi connectivity index (χ3v) is 3.75. The molecular formula is C13H11FN2O4S. The third-order valence-electron chi connectivity index (χ3n) is 2.65. The molecule has 1 aromatic carbocycles. The molecule has 110 valence electrons. The number of aliphatic carboxylic acids is 1. The van der Waals surface area contributed by atoms with E-state index in [1.165, 1.54) is 24.3 Å². The van der Waals surface area contributed by atoms with E-state index in [0.29, 0.717) is 10.1 Å². The highest BCUT2D eigenvalue weighted by Gasteiger charge is 2.22. The smallest absolute Gasteiger partial charge is 0.323 e. The van der Waals surface area contributed by atoms with Gasteiger partial charge in [0.05, 0.1) is 4.88 Å². The molecule has 8 heteroatoms. The Morgan fingerprint density at radius 2 is 1.95 bits per heavy atom. The van der Waals surface area contributed by atoms with Crippen LogP contribution in [0.25, 0.3) is 10.1 Å². The molecule has 2 aromatic rings. The molecule has 0 saturated carbocycles. The number of carboxylic acids is 1. The second-order valence-electron chi connectivity index (χ2n) is 4.31. The monoisotopic (exact) mass is 310 g/mol. The Bertz CT molecular complexity index is 712. The lowest BCUT2D eigenvalue weighted by atomic mass is 10.2. The number of thiophene rings is 1. The Balaban J connectivity index is 2.33. The standard InChI is InChI=1S/C13H11FN2O4S/c14-8-1-2-9-7(3-8)4-10(21-9)13(20)16(5-11(15)17)6-12(18)19/h1-4H,5-6H2,(H2,15,17)(H,18,19). The van der Waals surface area contributed by atoms with Crippen LogP contribution in [0.15, 0.2) is 24.3 Å². The van der Waals surface area contributed by atoms with Crippen LogP contribution in [0.2, 0.25) is 0 Å². The lowest BCUT2D eigenvalue weighted by Crippen LogP contribution is -2.41. The Hall–Kier alpha value is -2.48. The summed E-state index contributed by atoms with van der Waals surface area (Å²) >= 11 is 1.09. The van der Waals surface area contributed by atoms with Crippen LogP contribution < -0.4 is 5.73 Å². The lowest BCUT2D eigenvalue weighted by molar-refractivity contribution is -0.138. The van der Waals surface area contributed by atoms with Crippen molar-refractivity contribution in [1.29, 1.82) is 0 Å². The van der Waals surface area contributed by atoms with Crippen molar-refractivity contribution in [2.75, 3.05) is 13.1 Å². The number of carboxylic acid groups (broad SMARTS) is 1. The van der Waals surface area contributed by atoms with Gasteiger partial charge >= 0.3 is 5.97 Å². The molecule has 0 unspecified atom stereocenters. The second kappa shape index (κ2) is 5.88. The number of fused-ring (bicyclic) bond motifs is 1. The number of hydrogen-bond acceptors (Lipinski definition) is 4. The molecule has 0 fully saturated rings. The zero-order valence-corrected chi connectivity index (χ0v) is 11.5. The predicted octanol–water partition coefficient (Wildman–Crippen LogP) is 1.05. The van der Waals surface area contributed by atoms with E-state index < -0.39 is 36.7 Å². The van der Waals surface area contributed by atoms with Gasteiger partial charge in [0, 0.05) is 4.70 Å². The van der Waals surface area contributed by atoms with Crippen LogP contribution in [0.4, 0.5) is 4.39 Å². The van der Waals surface area contributed by atoms with E-state index in [4.69, 9.17) is 10.8 Å². The van der Waals surface area contributed by atoms with Gasteiger partial charge in [0.15, 0.2) is 0 Å². The third kappa shape index (κ3) is 3.54. The van der Waals surface area contributed by atoms with Crippen LogP contribution in [-0.4, -0.2) is 40.9 Å². The van der Waals surface area contributed by atoms with Gasteiger partial charge in [-0.25, -0.2) is 4.39 Å². The zero-order chi connectivity index (χ0) is 15.6. The number of benzene rings is 1. The molecule has 0 aliphatic heterocycles. The molecule has 0 aliphatic rings. The molecule has 3 N–H and O–H groups in total. The number of primary amides is 1. The fourth-order valence-corrected chi connectivity index (χ4v) is 2.84. The van der Waals surface area contributed by atoms with Crippen molar-refractivity contribution in [3.05, 3.63) is 35.0 Å². The number of amides is 2. The normalized spacial score (nSPS) is 10.5. The van der Waals surface area contributed by atoms with E-state index in [-0.39, 0.29) is 4.88 Å². The first-order valence-electron chi connectivity index (χ1n) is 5.85. The summed E-state index contributed by atoms with van der Waals surface area (Å²) in [4.78, 5) is 35.0. The van der Waals surface area contributed by atoms with Crippen LogP contribution in [0, 0.1) is 5.82 Å². The molecule has 21 heavy (non-hydrogen) atoms. The minimum absolute atomic E-state index is 0.220. The number of carbonyl (C=O) groups is 3. The van der Waals surface area contributed by atoms with Crippen molar-refractivity contribution in [3.8, 4) is 0 Å². The zero-order valence-electron chi connectivity index (χ0n) is 10.7. The highest BCUT2D eigenvalue weighted by molar-refractivity contribution is 7.20. The summed E-state index contributed by atoms with van der Waals surface area (Å²) < 4.78 is 13.8. The molecule has 1 aromatic heterocycles. The maximum absolute atomic E-state index is 13.1. The molecule has 0 bridgehead atoms. The van der Waals surface area contributed by atoms with Crippen LogP contribution in [0.3, 0.4) is 0 Å². The van der Waals surface area contributed by atoms with Crippen LogP contribution in [0.1, 0.15) is 9.67 Å². The van der Waals surface area contributed by atoms with Crippen LogP contribution >= 0.6 is 11.3 Å². The average Bonchev–Trinajstić information content (AvgIpc) is 2.78. The van der Waals surface area contributed by atoms with E-state index in [1.807, 2.05) is 0 Å². The summed E-state index contributed by atoms with van der Waals surface area (Å²) in [7, 11) is 0. The van der Waals surface area contributed by atoms with Crippen molar-refractivity contribution in [3.63, 3.8) is 0 Å². The lowest BCUT2D eigenvalue weighted by Gasteiger charge is -2.17. The first kappa shape index (κ1) is 14.9. The molecule has 0 atom stereocenters. The van der Waals surface area contributed by atoms with E-state index in [1.54, 1.807) is 0 Å². The van der Waals surface area contributed by atoms with Crippen LogP contribution in [0.5, 0.6) is 0 Å². The average molecular weight is 310 g/mol. The maximum Gasteiger partial charge on any atom is 0.323 e. The number of nitrogens with zero attached hydrogens (tertiary/aromatic N) is 1. The van der Waals surface area contributed by atoms with Crippen molar-refractivity contribution in [1.82, 2.24) is 4.90 Å². The Morgan fingerprint density at radius 3 is 2.57 bits per heavy atom. The van der Waals surface area contributed by atoms with Gasteiger partial charge < -0.3 is 15.7 Å².